The van der Waals surface area contributed by atoms with Crippen LogP contribution >= 0.6 is 0 Å². The molecule has 2 aliphatic carbocycles. The average Bonchev–Trinajstić information content (AvgIpc) is 3.03. The lowest BCUT2D eigenvalue weighted by atomic mass is 9.76. The van der Waals surface area contributed by atoms with Crippen LogP contribution in [0.15, 0.2) is 35.5 Å². The third kappa shape index (κ3) is 2.84. The van der Waals surface area contributed by atoms with Crippen molar-refractivity contribution in [2.45, 2.75) is 58.3 Å². The third-order valence-electron chi connectivity index (χ3n) is 6.10. The van der Waals surface area contributed by atoms with Crippen LogP contribution in [0.5, 0.6) is 0 Å². The number of carbonyl (C=O) groups is 2. The lowest BCUT2D eigenvalue weighted by molar-refractivity contribution is -0.150. The summed E-state index contributed by atoms with van der Waals surface area (Å²) in [7, 11) is 0. The van der Waals surface area contributed by atoms with Crippen LogP contribution < -0.4 is 0 Å². The van der Waals surface area contributed by atoms with Crippen molar-refractivity contribution in [3.8, 4) is 0 Å². The Bertz CT molecular complexity index is 684. The zero-order chi connectivity index (χ0) is 18.5. The number of rotatable bonds is 2. The zero-order valence-corrected chi connectivity index (χ0v) is 15.2. The number of aliphatic hydroxyl groups is 1. The molecule has 1 heterocycles. The van der Waals surface area contributed by atoms with Crippen LogP contribution in [0.1, 0.15) is 40.5 Å². The highest BCUT2D eigenvalue weighted by atomic mass is 16.6. The minimum absolute atomic E-state index is 0.0646. The van der Waals surface area contributed by atoms with E-state index in [9.17, 15) is 14.7 Å². The summed E-state index contributed by atoms with van der Waals surface area (Å²) in [6.07, 6.45) is 3.69. The largest absolute Gasteiger partial charge is 0.458 e. The van der Waals surface area contributed by atoms with Crippen LogP contribution in [0.3, 0.4) is 0 Å². The number of ether oxygens (including phenoxy) is 2. The van der Waals surface area contributed by atoms with Crippen molar-refractivity contribution >= 4 is 11.9 Å². The second-order valence-electron chi connectivity index (χ2n) is 7.71. The van der Waals surface area contributed by atoms with Crippen molar-refractivity contribution in [1.29, 1.82) is 0 Å². The number of allylic oxidation sites excluding steroid dienone is 2. The maximum atomic E-state index is 12.3. The third-order valence-corrected chi connectivity index (χ3v) is 6.10. The summed E-state index contributed by atoms with van der Waals surface area (Å²) < 4.78 is 11.4. The van der Waals surface area contributed by atoms with Crippen LogP contribution in [0.2, 0.25) is 0 Å². The Morgan fingerprint density at radius 2 is 2.16 bits per heavy atom. The molecular weight excluding hydrogens is 320 g/mol. The Morgan fingerprint density at radius 1 is 1.48 bits per heavy atom. The first-order chi connectivity index (χ1) is 11.7. The molecule has 5 nitrogen and oxygen atoms in total. The maximum Gasteiger partial charge on any atom is 0.334 e. The minimum atomic E-state index is -1.02. The van der Waals surface area contributed by atoms with E-state index in [2.05, 4.69) is 12.7 Å². The van der Waals surface area contributed by atoms with Gasteiger partial charge in [-0.1, -0.05) is 24.3 Å². The summed E-state index contributed by atoms with van der Waals surface area (Å²) in [5, 5.41) is 11.1. The quantitative estimate of drug-likeness (QED) is 0.473. The molecule has 0 radical (unpaired) electrons. The first-order valence-electron chi connectivity index (χ1n) is 8.80. The van der Waals surface area contributed by atoms with Crippen LogP contribution in [0.4, 0.5) is 0 Å². The molecular formula is C20H26O5. The summed E-state index contributed by atoms with van der Waals surface area (Å²) >= 11 is 0. The van der Waals surface area contributed by atoms with Gasteiger partial charge in [-0.05, 0) is 34.1 Å². The fraction of sp³-hybridized carbons (Fsp3) is 0.600. The molecule has 1 saturated heterocycles. The van der Waals surface area contributed by atoms with Gasteiger partial charge in [0, 0.05) is 29.4 Å². The van der Waals surface area contributed by atoms with E-state index < -0.39 is 35.7 Å². The van der Waals surface area contributed by atoms with Crippen molar-refractivity contribution in [2.24, 2.45) is 17.8 Å². The van der Waals surface area contributed by atoms with Gasteiger partial charge in [0.15, 0.2) is 0 Å². The smallest absolute Gasteiger partial charge is 0.334 e. The Morgan fingerprint density at radius 3 is 2.80 bits per heavy atom. The van der Waals surface area contributed by atoms with Crippen molar-refractivity contribution in [2.75, 3.05) is 0 Å². The monoisotopic (exact) mass is 346 g/mol. The standard InChI is InChI=1S/C20H26O5/c1-6-10(2)18(21)24-14-9-20(5,23)13-8-7-11(3)15(13)17-16(14)12(4)19(22)25-17/h6-7,13-17,23H,4,8-9H2,1-3,5H3/b10-6+/t13-,14+,15+,16-,17-,20-/m1/s1. The molecule has 3 aliphatic rings. The lowest BCUT2D eigenvalue weighted by Gasteiger charge is -2.34. The number of hydrogen-bond acceptors (Lipinski definition) is 5. The second-order valence-corrected chi connectivity index (χ2v) is 7.71. The van der Waals surface area contributed by atoms with E-state index in [0.29, 0.717) is 11.1 Å². The minimum Gasteiger partial charge on any atom is -0.458 e. The molecule has 25 heavy (non-hydrogen) atoms. The van der Waals surface area contributed by atoms with Gasteiger partial charge >= 0.3 is 11.9 Å². The molecule has 0 aromatic carbocycles. The Kier molecular flexibility index (Phi) is 4.40. The summed E-state index contributed by atoms with van der Waals surface area (Å²) in [6, 6.07) is 0. The Balaban J connectivity index is 2.01. The van der Waals surface area contributed by atoms with Gasteiger partial charge in [0.1, 0.15) is 12.2 Å². The van der Waals surface area contributed by atoms with Gasteiger partial charge in [0.2, 0.25) is 0 Å². The number of fused-ring (bicyclic) bond motifs is 3. The molecule has 0 aromatic heterocycles. The van der Waals surface area contributed by atoms with Crippen LogP contribution in [-0.2, 0) is 19.1 Å². The summed E-state index contributed by atoms with van der Waals surface area (Å²) in [5.74, 6) is -1.43. The molecule has 5 heteroatoms. The van der Waals surface area contributed by atoms with E-state index >= 15 is 0 Å². The van der Waals surface area contributed by atoms with E-state index in [-0.39, 0.29) is 18.3 Å². The topological polar surface area (TPSA) is 72.8 Å². The number of carbonyl (C=O) groups excluding carboxylic acids is 2. The molecule has 3 rings (SSSR count). The Labute approximate surface area is 148 Å². The first-order valence-corrected chi connectivity index (χ1v) is 8.80. The van der Waals surface area contributed by atoms with Gasteiger partial charge in [-0.15, -0.1) is 0 Å². The van der Waals surface area contributed by atoms with E-state index in [1.165, 1.54) is 0 Å². The highest BCUT2D eigenvalue weighted by Crippen LogP contribution is 2.52. The number of hydrogen-bond donors (Lipinski definition) is 1. The zero-order valence-electron chi connectivity index (χ0n) is 15.2. The predicted molar refractivity (Wildman–Crippen MR) is 92.4 cm³/mol. The molecule has 1 N–H and O–H groups in total. The molecule has 0 spiro atoms. The van der Waals surface area contributed by atoms with Crippen molar-refractivity contribution in [3.63, 3.8) is 0 Å². The molecule has 2 fully saturated rings. The first kappa shape index (κ1) is 17.9. The molecule has 1 saturated carbocycles. The van der Waals surface area contributed by atoms with Gasteiger partial charge in [-0.2, -0.15) is 0 Å². The molecule has 1 aliphatic heterocycles. The fourth-order valence-corrected chi connectivity index (χ4v) is 4.53. The van der Waals surface area contributed by atoms with E-state index in [1.807, 2.05) is 6.92 Å². The van der Waals surface area contributed by atoms with Crippen molar-refractivity contribution in [1.82, 2.24) is 0 Å². The maximum absolute atomic E-state index is 12.3. The summed E-state index contributed by atoms with van der Waals surface area (Å²) in [6.45, 7) is 11.1. The molecule has 0 bridgehead atoms. The SMILES string of the molecule is C=C1C(=O)O[C@@H]2[C@H]3C(C)=CC[C@H]3[C@](C)(O)C[C@H](OC(=O)/C(C)=C/C)[C@@H]12. The van der Waals surface area contributed by atoms with Gasteiger partial charge in [0.25, 0.3) is 0 Å². The highest BCUT2D eigenvalue weighted by molar-refractivity contribution is 5.91. The molecule has 0 unspecified atom stereocenters. The predicted octanol–water partition coefficient (Wildman–Crippen LogP) is 2.70. The average molecular weight is 346 g/mol. The highest BCUT2D eigenvalue weighted by Gasteiger charge is 2.58. The van der Waals surface area contributed by atoms with Gasteiger partial charge in [-0.3, -0.25) is 0 Å². The molecule has 6 atom stereocenters. The summed E-state index contributed by atoms with van der Waals surface area (Å²) in [5.41, 5.74) is 0.911. The fourth-order valence-electron chi connectivity index (χ4n) is 4.53. The van der Waals surface area contributed by atoms with Crippen molar-refractivity contribution < 1.29 is 24.2 Å². The van der Waals surface area contributed by atoms with Crippen molar-refractivity contribution in [3.05, 3.63) is 35.5 Å². The summed E-state index contributed by atoms with van der Waals surface area (Å²) in [4.78, 5) is 24.5. The van der Waals surface area contributed by atoms with Crippen LogP contribution in [-0.4, -0.2) is 34.9 Å². The van der Waals surface area contributed by atoms with E-state index in [1.54, 1.807) is 26.8 Å². The van der Waals surface area contributed by atoms with E-state index in [4.69, 9.17) is 9.47 Å². The Hall–Kier alpha value is -1.88. The van der Waals surface area contributed by atoms with Crippen LogP contribution in [0.25, 0.3) is 0 Å². The normalized spacial score (nSPS) is 40.8. The molecule has 0 amide bonds. The van der Waals surface area contributed by atoms with Gasteiger partial charge < -0.3 is 14.6 Å². The molecule has 136 valence electrons. The lowest BCUT2D eigenvalue weighted by Crippen LogP contribution is -2.40. The van der Waals surface area contributed by atoms with E-state index in [0.717, 1.165) is 12.0 Å². The second kappa shape index (κ2) is 6.13. The number of esters is 2. The van der Waals surface area contributed by atoms with Gasteiger partial charge in [0.05, 0.1) is 11.5 Å². The molecule has 0 aromatic rings. The van der Waals surface area contributed by atoms with Gasteiger partial charge in [-0.25, -0.2) is 9.59 Å². The van der Waals surface area contributed by atoms with Crippen LogP contribution in [0, 0.1) is 17.8 Å².